The predicted octanol–water partition coefficient (Wildman–Crippen LogP) is 0.276. The van der Waals surface area contributed by atoms with Crippen LogP contribution in [0.4, 0.5) is 0 Å². The summed E-state index contributed by atoms with van der Waals surface area (Å²) in [5.41, 5.74) is 6.25. The average Bonchev–Trinajstić information content (AvgIpc) is 2.26. The van der Waals surface area contributed by atoms with E-state index in [4.69, 9.17) is 22.4 Å². The Bertz CT molecular complexity index is 327. The lowest BCUT2D eigenvalue weighted by atomic mass is 10.2. The second kappa shape index (κ2) is 5.70. The molecule has 0 bridgehead atoms. The number of aliphatic hydroxyl groups is 1. The van der Waals surface area contributed by atoms with Crippen molar-refractivity contribution in [1.29, 1.82) is 0 Å². The molecule has 0 aliphatic rings. The van der Waals surface area contributed by atoms with Crippen LogP contribution in [0, 0.1) is 0 Å². The van der Waals surface area contributed by atoms with Gasteiger partial charge in [-0.3, -0.25) is 4.79 Å². The summed E-state index contributed by atoms with van der Waals surface area (Å²) in [7, 11) is 0. The minimum Gasteiger partial charge on any atom is -0.394 e. The minimum absolute atomic E-state index is 0.355. The van der Waals surface area contributed by atoms with Crippen LogP contribution >= 0.6 is 11.6 Å². The molecular weight excluding hydrogens is 216 g/mol. The Morgan fingerprint density at radius 2 is 2.07 bits per heavy atom. The molecule has 0 aromatic heterocycles. The second-order valence-corrected chi connectivity index (χ2v) is 3.57. The predicted molar refractivity (Wildman–Crippen MR) is 58.4 cm³/mol. The van der Waals surface area contributed by atoms with Gasteiger partial charge in [0.05, 0.1) is 6.61 Å². The molecule has 4 nitrogen and oxygen atoms in total. The smallest absolute Gasteiger partial charge is 0.239 e. The number of benzene rings is 1. The SMILES string of the molecule is NC(CO)C(=O)NCc1ccc(Cl)cc1. The normalized spacial score (nSPS) is 12.2. The molecule has 0 saturated carbocycles. The van der Waals surface area contributed by atoms with Crippen LogP contribution in [0.25, 0.3) is 0 Å². The van der Waals surface area contributed by atoms with E-state index in [0.717, 1.165) is 5.56 Å². The third kappa shape index (κ3) is 3.87. The van der Waals surface area contributed by atoms with E-state index in [1.54, 1.807) is 12.1 Å². The molecular formula is C10H13ClN2O2. The highest BCUT2D eigenvalue weighted by atomic mass is 35.5. The van der Waals surface area contributed by atoms with Crippen LogP contribution in [-0.4, -0.2) is 23.7 Å². The van der Waals surface area contributed by atoms with Gasteiger partial charge in [-0.1, -0.05) is 23.7 Å². The van der Waals surface area contributed by atoms with Crippen molar-refractivity contribution in [1.82, 2.24) is 5.32 Å². The van der Waals surface area contributed by atoms with Gasteiger partial charge in [0.2, 0.25) is 5.91 Å². The van der Waals surface area contributed by atoms with E-state index < -0.39 is 6.04 Å². The number of aliphatic hydroxyl groups excluding tert-OH is 1. The fourth-order valence-electron chi connectivity index (χ4n) is 1.01. The van der Waals surface area contributed by atoms with E-state index in [9.17, 15) is 4.79 Å². The summed E-state index contributed by atoms with van der Waals surface area (Å²) >= 11 is 5.71. The van der Waals surface area contributed by atoms with E-state index in [-0.39, 0.29) is 12.5 Å². The van der Waals surface area contributed by atoms with Crippen molar-refractivity contribution in [3.63, 3.8) is 0 Å². The molecule has 15 heavy (non-hydrogen) atoms. The summed E-state index contributed by atoms with van der Waals surface area (Å²) < 4.78 is 0. The molecule has 1 rings (SSSR count). The third-order valence-electron chi connectivity index (χ3n) is 1.91. The Kier molecular flexibility index (Phi) is 4.55. The Hall–Kier alpha value is -1.10. The molecule has 1 amide bonds. The van der Waals surface area contributed by atoms with Gasteiger partial charge in [0.1, 0.15) is 6.04 Å². The molecule has 5 heteroatoms. The average molecular weight is 229 g/mol. The van der Waals surface area contributed by atoms with Gasteiger partial charge in [0, 0.05) is 11.6 Å². The molecule has 0 aliphatic heterocycles. The van der Waals surface area contributed by atoms with Gasteiger partial charge in [0.25, 0.3) is 0 Å². The highest BCUT2D eigenvalue weighted by Gasteiger charge is 2.10. The van der Waals surface area contributed by atoms with E-state index >= 15 is 0 Å². The maximum absolute atomic E-state index is 11.2. The van der Waals surface area contributed by atoms with Gasteiger partial charge in [-0.05, 0) is 17.7 Å². The lowest BCUT2D eigenvalue weighted by molar-refractivity contribution is -0.123. The lowest BCUT2D eigenvalue weighted by Crippen LogP contribution is -2.42. The van der Waals surface area contributed by atoms with E-state index in [1.165, 1.54) is 0 Å². The first-order chi connectivity index (χ1) is 7.13. The Balaban J connectivity index is 2.43. The molecule has 0 spiro atoms. The molecule has 0 aliphatic carbocycles. The first-order valence-corrected chi connectivity index (χ1v) is 4.90. The highest BCUT2D eigenvalue weighted by Crippen LogP contribution is 2.08. The first-order valence-electron chi connectivity index (χ1n) is 4.52. The molecule has 0 radical (unpaired) electrons. The van der Waals surface area contributed by atoms with Crippen LogP contribution in [0.5, 0.6) is 0 Å². The lowest BCUT2D eigenvalue weighted by Gasteiger charge is -2.09. The number of carbonyl (C=O) groups is 1. The third-order valence-corrected chi connectivity index (χ3v) is 2.17. The number of hydrogen-bond donors (Lipinski definition) is 3. The van der Waals surface area contributed by atoms with E-state index in [2.05, 4.69) is 5.32 Å². The molecule has 1 aromatic carbocycles. The van der Waals surface area contributed by atoms with Gasteiger partial charge in [0.15, 0.2) is 0 Å². The Labute approximate surface area is 93.0 Å². The van der Waals surface area contributed by atoms with Gasteiger partial charge in [-0.2, -0.15) is 0 Å². The van der Waals surface area contributed by atoms with Gasteiger partial charge in [-0.25, -0.2) is 0 Å². The zero-order valence-corrected chi connectivity index (χ0v) is 8.87. The topological polar surface area (TPSA) is 75.3 Å². The summed E-state index contributed by atoms with van der Waals surface area (Å²) in [6, 6.07) is 6.25. The molecule has 4 N–H and O–H groups in total. The maximum Gasteiger partial charge on any atom is 0.239 e. The zero-order chi connectivity index (χ0) is 11.3. The van der Waals surface area contributed by atoms with Crippen molar-refractivity contribution in [3.8, 4) is 0 Å². The number of carbonyl (C=O) groups excluding carboxylic acids is 1. The van der Waals surface area contributed by atoms with Crippen molar-refractivity contribution >= 4 is 17.5 Å². The fraction of sp³-hybridized carbons (Fsp3) is 0.300. The number of halogens is 1. The zero-order valence-electron chi connectivity index (χ0n) is 8.11. The standard InChI is InChI=1S/C10H13ClN2O2/c11-8-3-1-7(2-4-8)5-13-10(15)9(12)6-14/h1-4,9,14H,5-6,12H2,(H,13,15). The van der Waals surface area contributed by atoms with Crippen LogP contribution in [0.3, 0.4) is 0 Å². The number of nitrogens with two attached hydrogens (primary N) is 1. The van der Waals surface area contributed by atoms with Crippen LogP contribution in [0.2, 0.25) is 5.02 Å². The summed E-state index contributed by atoms with van der Waals surface area (Å²) in [6.45, 7) is 0.0240. The number of hydrogen-bond acceptors (Lipinski definition) is 3. The summed E-state index contributed by atoms with van der Waals surface area (Å²) in [6.07, 6.45) is 0. The molecule has 1 atom stereocenters. The molecule has 0 saturated heterocycles. The fourth-order valence-corrected chi connectivity index (χ4v) is 1.13. The largest absolute Gasteiger partial charge is 0.394 e. The summed E-state index contributed by atoms with van der Waals surface area (Å²) in [5.74, 6) is -0.368. The number of amides is 1. The van der Waals surface area contributed by atoms with E-state index in [1.807, 2.05) is 12.1 Å². The van der Waals surface area contributed by atoms with E-state index in [0.29, 0.717) is 11.6 Å². The van der Waals surface area contributed by atoms with Crippen molar-refractivity contribution in [2.45, 2.75) is 12.6 Å². The second-order valence-electron chi connectivity index (χ2n) is 3.13. The molecule has 0 heterocycles. The molecule has 1 unspecified atom stereocenters. The van der Waals surface area contributed by atoms with Crippen LogP contribution in [0.15, 0.2) is 24.3 Å². The van der Waals surface area contributed by atoms with Gasteiger partial charge >= 0.3 is 0 Å². The molecule has 0 fully saturated rings. The van der Waals surface area contributed by atoms with Crippen molar-refractivity contribution in [2.24, 2.45) is 5.73 Å². The van der Waals surface area contributed by atoms with Crippen LogP contribution < -0.4 is 11.1 Å². The maximum atomic E-state index is 11.2. The summed E-state index contributed by atoms with van der Waals surface area (Å²) in [5, 5.41) is 11.9. The van der Waals surface area contributed by atoms with Crippen LogP contribution in [-0.2, 0) is 11.3 Å². The Morgan fingerprint density at radius 1 is 1.47 bits per heavy atom. The summed E-state index contributed by atoms with van der Waals surface area (Å²) in [4.78, 5) is 11.2. The molecule has 1 aromatic rings. The van der Waals surface area contributed by atoms with Crippen molar-refractivity contribution in [3.05, 3.63) is 34.9 Å². The van der Waals surface area contributed by atoms with Crippen molar-refractivity contribution < 1.29 is 9.90 Å². The molecule has 82 valence electrons. The minimum atomic E-state index is -0.864. The quantitative estimate of drug-likeness (QED) is 0.693. The Morgan fingerprint density at radius 3 is 2.60 bits per heavy atom. The van der Waals surface area contributed by atoms with Crippen molar-refractivity contribution in [2.75, 3.05) is 6.61 Å². The monoisotopic (exact) mass is 228 g/mol. The van der Waals surface area contributed by atoms with Gasteiger partial charge < -0.3 is 16.2 Å². The van der Waals surface area contributed by atoms with Crippen LogP contribution in [0.1, 0.15) is 5.56 Å². The number of rotatable bonds is 4. The number of nitrogens with one attached hydrogen (secondary N) is 1. The first kappa shape index (κ1) is 12.0. The highest BCUT2D eigenvalue weighted by molar-refractivity contribution is 6.30. The van der Waals surface area contributed by atoms with Gasteiger partial charge in [-0.15, -0.1) is 0 Å².